The predicted molar refractivity (Wildman–Crippen MR) is 200 cm³/mol. The maximum atomic E-state index is 13.4. The Hall–Kier alpha value is -5.81. The number of aromatic nitrogens is 2. The Morgan fingerprint density at radius 1 is 0.438 bits per heavy atom. The van der Waals surface area contributed by atoms with Crippen molar-refractivity contribution in [1.82, 2.24) is 9.13 Å². The average molecular weight is 637 g/mol. The third-order valence-corrected chi connectivity index (χ3v) is 10.4. The van der Waals surface area contributed by atoms with Crippen molar-refractivity contribution in [3.05, 3.63) is 156 Å². The molecule has 0 spiro atoms. The molecule has 0 atom stereocenters. The van der Waals surface area contributed by atoms with Crippen LogP contribution in [0.5, 0.6) is 0 Å². The molecule has 0 bridgehead atoms. The standard InChI is InChI=1S/C44H32N2OS/c1-3-45-41-11-7-5-9-37(41)39-29-33(21-27-43(39)45)15-13-31-17-23-35(24-18-31)48(47)36-25-19-32(20-26-36)14-16-34-22-28-44-40(30-34)38-10-6-8-12-42(38)46(44)4-2/h5-12,17-30H,3-4H2,1-2H3. The minimum Gasteiger partial charge on any atom is -0.341 e. The summed E-state index contributed by atoms with van der Waals surface area (Å²) in [7, 11) is -1.30. The SMILES string of the molecule is CCn1c2ccccc2c2cc(C#Cc3ccc(S(=O)c4ccc(C#Cc5ccc6c(c5)c5ccccc5n6CC)cc4)cc3)ccc21. The predicted octanol–water partition coefficient (Wildman–Crippen LogP) is 9.91. The zero-order chi connectivity index (χ0) is 32.6. The van der Waals surface area contributed by atoms with Crippen molar-refractivity contribution < 1.29 is 4.21 Å². The Balaban J connectivity index is 0.980. The smallest absolute Gasteiger partial charge is 0.0849 e. The number of hydrogen-bond donors (Lipinski definition) is 0. The lowest BCUT2D eigenvalue weighted by molar-refractivity contribution is 0.683. The van der Waals surface area contributed by atoms with E-state index in [1.165, 1.54) is 43.6 Å². The maximum Gasteiger partial charge on any atom is 0.0849 e. The third-order valence-electron chi connectivity index (χ3n) is 9.02. The van der Waals surface area contributed by atoms with E-state index in [0.29, 0.717) is 0 Å². The molecule has 3 nitrogen and oxygen atoms in total. The van der Waals surface area contributed by atoms with Crippen LogP contribution in [0, 0.1) is 23.7 Å². The molecule has 0 fully saturated rings. The molecule has 0 saturated heterocycles. The van der Waals surface area contributed by atoms with E-state index in [-0.39, 0.29) is 0 Å². The van der Waals surface area contributed by atoms with Gasteiger partial charge in [0.1, 0.15) is 0 Å². The van der Waals surface area contributed by atoms with Gasteiger partial charge in [-0.1, -0.05) is 60.1 Å². The van der Waals surface area contributed by atoms with Gasteiger partial charge in [0.25, 0.3) is 0 Å². The molecule has 0 N–H and O–H groups in total. The van der Waals surface area contributed by atoms with Crippen LogP contribution >= 0.6 is 0 Å². The van der Waals surface area contributed by atoms with Crippen LogP contribution in [0.4, 0.5) is 0 Å². The van der Waals surface area contributed by atoms with Crippen LogP contribution in [-0.2, 0) is 23.9 Å². The number of rotatable bonds is 4. The average Bonchev–Trinajstić information content (AvgIpc) is 3.64. The maximum absolute atomic E-state index is 13.4. The largest absolute Gasteiger partial charge is 0.341 e. The van der Waals surface area contributed by atoms with Crippen LogP contribution in [0.15, 0.2) is 143 Å². The molecule has 8 rings (SSSR count). The van der Waals surface area contributed by atoms with Crippen molar-refractivity contribution in [2.75, 3.05) is 0 Å². The Morgan fingerprint density at radius 2 is 0.792 bits per heavy atom. The van der Waals surface area contributed by atoms with E-state index in [9.17, 15) is 4.21 Å². The number of nitrogens with zero attached hydrogens (tertiary/aromatic N) is 2. The molecular weight excluding hydrogens is 605 g/mol. The summed E-state index contributed by atoms with van der Waals surface area (Å²) in [4.78, 5) is 1.49. The van der Waals surface area contributed by atoms with Crippen LogP contribution in [0.3, 0.4) is 0 Å². The summed E-state index contributed by atoms with van der Waals surface area (Å²) >= 11 is 0. The zero-order valence-corrected chi connectivity index (χ0v) is 27.6. The highest BCUT2D eigenvalue weighted by molar-refractivity contribution is 7.85. The Bertz CT molecular complexity index is 2470. The number of aryl methyl sites for hydroxylation is 2. The van der Waals surface area contributed by atoms with E-state index < -0.39 is 10.8 Å². The third kappa shape index (κ3) is 5.27. The molecule has 0 amide bonds. The van der Waals surface area contributed by atoms with Crippen LogP contribution in [0.1, 0.15) is 36.1 Å². The fourth-order valence-corrected chi connectivity index (χ4v) is 7.73. The van der Waals surface area contributed by atoms with Crippen LogP contribution in [0.2, 0.25) is 0 Å². The van der Waals surface area contributed by atoms with E-state index in [1.807, 2.05) is 48.5 Å². The van der Waals surface area contributed by atoms with Crippen molar-refractivity contribution in [2.24, 2.45) is 0 Å². The molecular formula is C44H32N2OS. The summed E-state index contributed by atoms with van der Waals surface area (Å²) in [5.41, 5.74) is 8.66. The minimum atomic E-state index is -1.30. The highest BCUT2D eigenvalue weighted by atomic mass is 32.2. The molecule has 0 aliphatic heterocycles. The van der Waals surface area contributed by atoms with E-state index in [2.05, 4.69) is 132 Å². The van der Waals surface area contributed by atoms with Crippen LogP contribution in [-0.4, -0.2) is 13.3 Å². The molecule has 0 unspecified atom stereocenters. The highest BCUT2D eigenvalue weighted by Gasteiger charge is 2.11. The topological polar surface area (TPSA) is 26.9 Å². The molecule has 48 heavy (non-hydrogen) atoms. The van der Waals surface area contributed by atoms with E-state index in [0.717, 1.165) is 45.1 Å². The van der Waals surface area contributed by atoms with Gasteiger partial charge in [0.05, 0.1) is 10.8 Å². The van der Waals surface area contributed by atoms with Crippen molar-refractivity contribution in [3.63, 3.8) is 0 Å². The van der Waals surface area contributed by atoms with Crippen molar-refractivity contribution in [3.8, 4) is 23.7 Å². The highest BCUT2D eigenvalue weighted by Crippen LogP contribution is 2.31. The quantitative estimate of drug-likeness (QED) is 0.177. The second-order valence-corrected chi connectivity index (χ2v) is 13.3. The van der Waals surface area contributed by atoms with Gasteiger partial charge in [0.15, 0.2) is 0 Å². The lowest BCUT2D eigenvalue weighted by Crippen LogP contribution is -1.93. The number of benzene rings is 6. The molecule has 0 radical (unpaired) electrons. The molecule has 8 aromatic rings. The Labute approximate surface area is 282 Å². The van der Waals surface area contributed by atoms with Gasteiger partial charge in [0.2, 0.25) is 0 Å². The summed E-state index contributed by atoms with van der Waals surface area (Å²) < 4.78 is 18.1. The summed E-state index contributed by atoms with van der Waals surface area (Å²) in [5.74, 6) is 13.2. The van der Waals surface area contributed by atoms with Gasteiger partial charge >= 0.3 is 0 Å². The van der Waals surface area contributed by atoms with Crippen molar-refractivity contribution >= 4 is 54.4 Å². The summed E-state index contributed by atoms with van der Waals surface area (Å²) in [6, 6.07) is 45.3. The van der Waals surface area contributed by atoms with Crippen molar-refractivity contribution in [1.29, 1.82) is 0 Å². The first-order chi connectivity index (χ1) is 23.6. The van der Waals surface area contributed by atoms with Gasteiger partial charge in [-0.15, -0.1) is 0 Å². The van der Waals surface area contributed by atoms with Gasteiger partial charge in [0, 0.05) is 88.7 Å². The van der Waals surface area contributed by atoms with Crippen LogP contribution < -0.4 is 0 Å². The molecule has 4 heteroatoms. The fraction of sp³-hybridized carbons (Fsp3) is 0.0909. The molecule has 2 aromatic heterocycles. The molecule has 2 heterocycles. The first-order valence-corrected chi connectivity index (χ1v) is 17.4. The van der Waals surface area contributed by atoms with Gasteiger partial charge in [-0.3, -0.25) is 0 Å². The van der Waals surface area contributed by atoms with E-state index in [4.69, 9.17) is 0 Å². The summed E-state index contributed by atoms with van der Waals surface area (Å²) in [6.07, 6.45) is 0. The van der Waals surface area contributed by atoms with Gasteiger partial charge in [-0.2, -0.15) is 0 Å². The lowest BCUT2D eigenvalue weighted by atomic mass is 10.1. The second-order valence-electron chi connectivity index (χ2n) is 11.8. The number of fused-ring (bicyclic) bond motifs is 6. The minimum absolute atomic E-state index is 0.743. The second kappa shape index (κ2) is 12.4. The van der Waals surface area contributed by atoms with Gasteiger partial charge < -0.3 is 9.13 Å². The van der Waals surface area contributed by atoms with Crippen molar-refractivity contribution in [2.45, 2.75) is 36.7 Å². The molecule has 230 valence electrons. The first-order valence-electron chi connectivity index (χ1n) is 16.3. The van der Waals surface area contributed by atoms with Gasteiger partial charge in [-0.25, -0.2) is 4.21 Å². The fourth-order valence-electron chi connectivity index (χ4n) is 6.69. The number of para-hydroxylation sites is 2. The molecule has 6 aromatic carbocycles. The lowest BCUT2D eigenvalue weighted by Gasteiger charge is -2.03. The normalized spacial score (nSPS) is 11.2. The van der Waals surface area contributed by atoms with Crippen LogP contribution in [0.25, 0.3) is 43.6 Å². The molecule has 0 aliphatic rings. The zero-order valence-electron chi connectivity index (χ0n) is 26.8. The first kappa shape index (κ1) is 29.6. The number of hydrogen-bond acceptors (Lipinski definition) is 1. The molecule has 0 saturated carbocycles. The summed E-state index contributed by atoms with van der Waals surface area (Å²) in [6.45, 7) is 6.20. The Kier molecular flexibility index (Phi) is 7.65. The molecule has 0 aliphatic carbocycles. The Morgan fingerprint density at radius 3 is 1.21 bits per heavy atom. The van der Waals surface area contributed by atoms with E-state index in [1.54, 1.807) is 0 Å². The summed E-state index contributed by atoms with van der Waals surface area (Å²) in [5, 5.41) is 4.94. The monoisotopic (exact) mass is 636 g/mol. The van der Waals surface area contributed by atoms with Gasteiger partial charge in [-0.05, 0) is 111 Å². The van der Waals surface area contributed by atoms with E-state index >= 15 is 0 Å².